The normalized spacial score (nSPS) is 9.23. The summed E-state index contributed by atoms with van der Waals surface area (Å²) in [6.07, 6.45) is 2.18. The van der Waals surface area contributed by atoms with Gasteiger partial charge in [-0.2, -0.15) is 5.26 Å². The van der Waals surface area contributed by atoms with Gasteiger partial charge in [-0.3, -0.25) is 0 Å². The van der Waals surface area contributed by atoms with Gasteiger partial charge in [-0.15, -0.1) is 0 Å². The monoisotopic (exact) mass is 178 g/mol. The van der Waals surface area contributed by atoms with Gasteiger partial charge in [0.2, 0.25) is 5.82 Å². The first-order valence-electron chi connectivity index (χ1n) is 3.94. The number of hydrogen-bond acceptors (Lipinski definition) is 5. The summed E-state index contributed by atoms with van der Waals surface area (Å²) in [6, 6.07) is 3.52. The molecular weight excluding hydrogens is 168 g/mol. The van der Waals surface area contributed by atoms with Gasteiger partial charge in [0.05, 0.1) is 0 Å². The van der Waals surface area contributed by atoms with Crippen LogP contribution in [0.1, 0.15) is 12.2 Å². The van der Waals surface area contributed by atoms with Crippen molar-refractivity contribution in [3.8, 4) is 6.07 Å². The van der Waals surface area contributed by atoms with Crippen LogP contribution in [-0.4, -0.2) is 28.2 Å². The van der Waals surface area contributed by atoms with Crippen LogP contribution in [0, 0.1) is 11.3 Å². The molecule has 5 heteroatoms. The Bertz CT molecular complexity index is 307. The summed E-state index contributed by atoms with van der Waals surface area (Å²) in [4.78, 5) is 7.62. The summed E-state index contributed by atoms with van der Waals surface area (Å²) in [5, 5.41) is 20.0. The third-order valence-corrected chi connectivity index (χ3v) is 1.40. The van der Waals surface area contributed by atoms with E-state index in [1.54, 1.807) is 6.07 Å². The summed E-state index contributed by atoms with van der Waals surface area (Å²) in [5.74, 6) is 0.758. The molecule has 2 N–H and O–H groups in total. The standard InChI is InChI=1S/C8H10N4O/c9-6-8-11-4-2-7(12-8)10-3-1-5-13/h2,4,13H,1,3,5H2,(H,10,11,12). The quantitative estimate of drug-likeness (QED) is 0.641. The average molecular weight is 178 g/mol. The van der Waals surface area contributed by atoms with Gasteiger partial charge >= 0.3 is 0 Å². The van der Waals surface area contributed by atoms with E-state index >= 15 is 0 Å². The highest BCUT2D eigenvalue weighted by atomic mass is 16.3. The Hall–Kier alpha value is -1.67. The molecule has 0 unspecified atom stereocenters. The molecule has 0 amide bonds. The third-order valence-electron chi connectivity index (χ3n) is 1.40. The van der Waals surface area contributed by atoms with Crippen molar-refractivity contribution in [3.05, 3.63) is 18.1 Å². The first kappa shape index (κ1) is 9.42. The van der Waals surface area contributed by atoms with Crippen LogP contribution < -0.4 is 5.32 Å². The minimum Gasteiger partial charge on any atom is -0.396 e. The molecule has 13 heavy (non-hydrogen) atoms. The fourth-order valence-corrected chi connectivity index (χ4v) is 0.807. The first-order valence-corrected chi connectivity index (χ1v) is 3.94. The van der Waals surface area contributed by atoms with Crippen molar-refractivity contribution in [2.75, 3.05) is 18.5 Å². The topological polar surface area (TPSA) is 81.8 Å². The zero-order valence-electron chi connectivity index (χ0n) is 7.06. The lowest BCUT2D eigenvalue weighted by Crippen LogP contribution is -2.05. The van der Waals surface area contributed by atoms with Crippen LogP contribution in [0.2, 0.25) is 0 Å². The predicted octanol–water partition coefficient (Wildman–Crippen LogP) is 0.143. The molecule has 0 radical (unpaired) electrons. The molecule has 0 fully saturated rings. The molecule has 0 atom stereocenters. The molecule has 1 aromatic rings. The van der Waals surface area contributed by atoms with Gasteiger partial charge in [-0.05, 0) is 12.5 Å². The SMILES string of the molecule is N#Cc1nccc(NCCCO)n1. The summed E-state index contributed by atoms with van der Waals surface area (Å²) in [5.41, 5.74) is 0. The fourth-order valence-electron chi connectivity index (χ4n) is 0.807. The molecule has 0 aliphatic carbocycles. The minimum absolute atomic E-state index is 0.142. The van der Waals surface area contributed by atoms with E-state index in [1.807, 2.05) is 6.07 Å². The van der Waals surface area contributed by atoms with Crippen LogP contribution in [-0.2, 0) is 0 Å². The Morgan fingerprint density at radius 1 is 1.62 bits per heavy atom. The van der Waals surface area contributed by atoms with E-state index in [2.05, 4.69) is 15.3 Å². The highest BCUT2D eigenvalue weighted by Gasteiger charge is 1.95. The third kappa shape index (κ3) is 3.05. The van der Waals surface area contributed by atoms with Crippen molar-refractivity contribution in [2.45, 2.75) is 6.42 Å². The van der Waals surface area contributed by atoms with Crippen molar-refractivity contribution < 1.29 is 5.11 Å². The van der Waals surface area contributed by atoms with Crippen LogP contribution in [0.5, 0.6) is 0 Å². The van der Waals surface area contributed by atoms with Crippen LogP contribution in [0.3, 0.4) is 0 Å². The molecule has 0 saturated carbocycles. The van der Waals surface area contributed by atoms with Crippen LogP contribution in [0.25, 0.3) is 0 Å². The van der Waals surface area contributed by atoms with E-state index in [9.17, 15) is 0 Å². The van der Waals surface area contributed by atoms with Crippen molar-refractivity contribution in [3.63, 3.8) is 0 Å². The molecule has 0 aliphatic heterocycles. The molecule has 0 saturated heterocycles. The molecule has 0 spiro atoms. The van der Waals surface area contributed by atoms with Crippen molar-refractivity contribution in [2.24, 2.45) is 0 Å². The van der Waals surface area contributed by atoms with Crippen LogP contribution in [0.4, 0.5) is 5.82 Å². The molecule has 68 valence electrons. The van der Waals surface area contributed by atoms with Crippen molar-refractivity contribution >= 4 is 5.82 Å². The van der Waals surface area contributed by atoms with E-state index < -0.39 is 0 Å². The minimum atomic E-state index is 0.142. The number of rotatable bonds is 4. The van der Waals surface area contributed by atoms with E-state index in [0.29, 0.717) is 18.8 Å². The van der Waals surface area contributed by atoms with E-state index in [0.717, 1.165) is 0 Å². The van der Waals surface area contributed by atoms with Crippen molar-refractivity contribution in [1.29, 1.82) is 5.26 Å². The molecule has 5 nitrogen and oxygen atoms in total. The molecule has 1 aromatic heterocycles. The highest BCUT2D eigenvalue weighted by molar-refractivity contribution is 5.34. The zero-order chi connectivity index (χ0) is 9.52. The molecule has 0 aromatic carbocycles. The Morgan fingerprint density at radius 2 is 2.46 bits per heavy atom. The first-order chi connectivity index (χ1) is 6.36. The number of aromatic nitrogens is 2. The predicted molar refractivity (Wildman–Crippen MR) is 46.9 cm³/mol. The largest absolute Gasteiger partial charge is 0.396 e. The lowest BCUT2D eigenvalue weighted by atomic mass is 10.4. The molecule has 1 heterocycles. The molecule has 1 rings (SSSR count). The number of nitrogens with one attached hydrogen (secondary N) is 1. The van der Waals surface area contributed by atoms with Gasteiger partial charge in [0, 0.05) is 19.3 Å². The fraction of sp³-hybridized carbons (Fsp3) is 0.375. The average Bonchev–Trinajstić information content (AvgIpc) is 2.19. The molecule has 0 aliphatic rings. The van der Waals surface area contributed by atoms with Crippen molar-refractivity contribution in [1.82, 2.24) is 9.97 Å². The summed E-state index contributed by atoms with van der Waals surface area (Å²) < 4.78 is 0. The maximum atomic E-state index is 8.52. The number of nitriles is 1. The van der Waals surface area contributed by atoms with Crippen LogP contribution >= 0.6 is 0 Å². The van der Waals surface area contributed by atoms with E-state index in [4.69, 9.17) is 10.4 Å². The summed E-state index contributed by atoms with van der Waals surface area (Å²) in [7, 11) is 0. The van der Waals surface area contributed by atoms with E-state index in [-0.39, 0.29) is 12.4 Å². The second kappa shape index (κ2) is 5.06. The number of aliphatic hydroxyl groups excluding tert-OH is 1. The second-order valence-electron chi connectivity index (χ2n) is 2.38. The molecule has 0 bridgehead atoms. The van der Waals surface area contributed by atoms with Gasteiger partial charge in [-0.1, -0.05) is 0 Å². The lowest BCUT2D eigenvalue weighted by molar-refractivity contribution is 0.292. The van der Waals surface area contributed by atoms with Crippen LogP contribution in [0.15, 0.2) is 12.3 Å². The Kier molecular flexibility index (Phi) is 3.67. The van der Waals surface area contributed by atoms with Gasteiger partial charge in [-0.25, -0.2) is 9.97 Å². The number of nitrogens with zero attached hydrogens (tertiary/aromatic N) is 3. The van der Waals surface area contributed by atoms with Gasteiger partial charge < -0.3 is 10.4 Å². The second-order valence-corrected chi connectivity index (χ2v) is 2.38. The summed E-state index contributed by atoms with van der Waals surface area (Å²) in [6.45, 7) is 0.779. The maximum Gasteiger partial charge on any atom is 0.234 e. The number of hydrogen-bond donors (Lipinski definition) is 2. The smallest absolute Gasteiger partial charge is 0.234 e. The highest BCUT2D eigenvalue weighted by Crippen LogP contribution is 2.00. The van der Waals surface area contributed by atoms with Gasteiger partial charge in [0.15, 0.2) is 0 Å². The number of aliphatic hydroxyl groups is 1. The zero-order valence-corrected chi connectivity index (χ0v) is 7.06. The van der Waals surface area contributed by atoms with Gasteiger partial charge in [0.1, 0.15) is 11.9 Å². The Morgan fingerprint density at radius 3 is 3.15 bits per heavy atom. The lowest BCUT2D eigenvalue weighted by Gasteiger charge is -2.02. The Balaban J connectivity index is 2.52. The van der Waals surface area contributed by atoms with Gasteiger partial charge in [0.25, 0.3) is 0 Å². The van der Waals surface area contributed by atoms with E-state index in [1.165, 1.54) is 6.20 Å². The Labute approximate surface area is 76.1 Å². The molecular formula is C8H10N4O. The maximum absolute atomic E-state index is 8.52. The number of anilines is 1. The summed E-state index contributed by atoms with van der Waals surface area (Å²) >= 11 is 0.